The summed E-state index contributed by atoms with van der Waals surface area (Å²) in [6, 6.07) is 4.97. The summed E-state index contributed by atoms with van der Waals surface area (Å²) in [4.78, 5) is 74.5. The van der Waals surface area contributed by atoms with Crippen molar-refractivity contribution in [3.8, 4) is 0 Å². The van der Waals surface area contributed by atoms with Crippen molar-refractivity contribution >= 4 is 35.7 Å². The highest BCUT2D eigenvalue weighted by atomic mass is 16.6. The van der Waals surface area contributed by atoms with E-state index in [0.717, 1.165) is 32.6 Å². The molecule has 3 rings (SSSR count). The third-order valence-electron chi connectivity index (χ3n) is 5.25. The third kappa shape index (κ3) is 4.86. The summed E-state index contributed by atoms with van der Waals surface area (Å²) < 4.78 is 21.3. The number of hydrogen-bond acceptors (Lipinski definition) is 10. The van der Waals surface area contributed by atoms with Crippen molar-refractivity contribution in [2.45, 2.75) is 64.6 Å². The topological polar surface area (TPSA) is 143 Å². The molecule has 0 spiro atoms. The molecule has 11 heteroatoms. The molecule has 1 heterocycles. The van der Waals surface area contributed by atoms with Crippen LogP contribution in [0.1, 0.15) is 54.8 Å². The number of rotatable bonds is 5. The van der Waals surface area contributed by atoms with Gasteiger partial charge < -0.3 is 18.9 Å². The lowest BCUT2D eigenvalue weighted by Gasteiger charge is -2.46. The molecule has 0 aromatic heterocycles. The minimum absolute atomic E-state index is 0.152. The van der Waals surface area contributed by atoms with Crippen molar-refractivity contribution in [1.82, 2.24) is 4.90 Å². The van der Waals surface area contributed by atoms with Gasteiger partial charge in [0.25, 0.3) is 11.8 Å². The van der Waals surface area contributed by atoms with Gasteiger partial charge in [-0.1, -0.05) is 12.1 Å². The van der Waals surface area contributed by atoms with Crippen molar-refractivity contribution < 1.29 is 47.7 Å². The second-order valence-electron chi connectivity index (χ2n) is 7.70. The summed E-state index contributed by atoms with van der Waals surface area (Å²) in [6.45, 7) is 4.42. The van der Waals surface area contributed by atoms with Crippen LogP contribution in [0, 0.1) is 0 Å². The number of imide groups is 1. The summed E-state index contributed by atoms with van der Waals surface area (Å²) in [5.41, 5.74) is 0.304. The van der Waals surface area contributed by atoms with E-state index < -0.39 is 66.1 Å². The molecule has 2 amide bonds. The molecule has 33 heavy (non-hydrogen) atoms. The normalized spacial score (nSPS) is 26.3. The van der Waals surface area contributed by atoms with E-state index in [1.54, 1.807) is 12.1 Å². The van der Waals surface area contributed by atoms with Crippen molar-refractivity contribution in [3.63, 3.8) is 0 Å². The van der Waals surface area contributed by atoms with Crippen molar-refractivity contribution in [1.29, 1.82) is 0 Å². The molecule has 1 aromatic carbocycles. The maximum absolute atomic E-state index is 13.1. The molecule has 2 aliphatic rings. The standard InChI is InChI=1S/C22H23NO10/c1-10(24)30-17-9-16(23-21(28)14-7-5-6-8-15(14)22(23)29)18(31-11(2)25)20(33-13(4)27)19(17)32-12(3)26/h5-8,16-20H,9H2,1-4H3/t16-,17+,18+,19-,20+/m1/s1. The fraction of sp³-hybridized carbons (Fsp3) is 0.455. The first kappa shape index (κ1) is 23.9. The maximum Gasteiger partial charge on any atom is 0.303 e. The number of ether oxygens (including phenoxy) is 4. The Hall–Kier alpha value is -3.76. The van der Waals surface area contributed by atoms with Gasteiger partial charge in [-0.3, -0.25) is 33.7 Å². The molecule has 0 bridgehead atoms. The van der Waals surface area contributed by atoms with E-state index >= 15 is 0 Å². The molecule has 1 fully saturated rings. The van der Waals surface area contributed by atoms with Crippen LogP contribution in [0.3, 0.4) is 0 Å². The van der Waals surface area contributed by atoms with Crippen LogP contribution >= 0.6 is 0 Å². The molecule has 176 valence electrons. The predicted molar refractivity (Wildman–Crippen MR) is 108 cm³/mol. The van der Waals surface area contributed by atoms with Gasteiger partial charge in [-0.15, -0.1) is 0 Å². The molecule has 5 atom stereocenters. The first-order valence-corrected chi connectivity index (χ1v) is 10.2. The number of carbonyl (C=O) groups excluding carboxylic acids is 6. The number of nitrogens with zero attached hydrogens (tertiary/aromatic N) is 1. The fourth-order valence-electron chi connectivity index (χ4n) is 4.21. The Kier molecular flexibility index (Phi) is 6.80. The zero-order valence-corrected chi connectivity index (χ0v) is 18.4. The van der Waals surface area contributed by atoms with Gasteiger partial charge in [0.15, 0.2) is 18.3 Å². The molecule has 0 saturated heterocycles. The molecule has 1 saturated carbocycles. The maximum atomic E-state index is 13.1. The number of esters is 4. The van der Waals surface area contributed by atoms with Crippen LogP contribution in [0.4, 0.5) is 0 Å². The van der Waals surface area contributed by atoms with Crippen LogP contribution in [0.5, 0.6) is 0 Å². The largest absolute Gasteiger partial charge is 0.458 e. The second kappa shape index (κ2) is 9.39. The van der Waals surface area contributed by atoms with Crippen LogP contribution < -0.4 is 0 Å². The third-order valence-corrected chi connectivity index (χ3v) is 5.25. The van der Waals surface area contributed by atoms with Gasteiger partial charge in [-0.25, -0.2) is 0 Å². The summed E-state index contributed by atoms with van der Waals surface area (Å²) >= 11 is 0. The van der Waals surface area contributed by atoms with E-state index in [4.69, 9.17) is 18.9 Å². The molecule has 0 unspecified atom stereocenters. The first-order valence-electron chi connectivity index (χ1n) is 10.2. The predicted octanol–water partition coefficient (Wildman–Crippen LogP) is 0.782. The summed E-state index contributed by atoms with van der Waals surface area (Å²) in [5, 5.41) is 0. The lowest BCUT2D eigenvalue weighted by Crippen LogP contribution is -2.65. The van der Waals surface area contributed by atoms with E-state index in [0.29, 0.717) is 0 Å². The van der Waals surface area contributed by atoms with E-state index in [-0.39, 0.29) is 17.5 Å². The molecule has 0 N–H and O–H groups in total. The number of benzene rings is 1. The summed E-state index contributed by atoms with van der Waals surface area (Å²) in [5.74, 6) is -4.38. The highest BCUT2D eigenvalue weighted by Gasteiger charge is 2.57. The van der Waals surface area contributed by atoms with Crippen LogP contribution in [-0.4, -0.2) is 71.0 Å². The van der Waals surface area contributed by atoms with Gasteiger partial charge in [-0.05, 0) is 12.1 Å². The van der Waals surface area contributed by atoms with Crippen molar-refractivity contribution in [2.24, 2.45) is 0 Å². The number of fused-ring (bicyclic) bond motifs is 1. The average Bonchev–Trinajstić information content (AvgIpc) is 2.96. The molecule has 1 aliphatic carbocycles. The highest BCUT2D eigenvalue weighted by Crippen LogP contribution is 2.36. The van der Waals surface area contributed by atoms with Crippen molar-refractivity contribution in [2.75, 3.05) is 0 Å². The van der Waals surface area contributed by atoms with E-state index in [1.165, 1.54) is 12.1 Å². The molecular weight excluding hydrogens is 438 g/mol. The van der Waals surface area contributed by atoms with E-state index in [9.17, 15) is 28.8 Å². The monoisotopic (exact) mass is 461 g/mol. The van der Waals surface area contributed by atoms with Gasteiger partial charge >= 0.3 is 23.9 Å². The number of hydrogen-bond donors (Lipinski definition) is 0. The minimum atomic E-state index is -1.46. The lowest BCUT2D eigenvalue weighted by atomic mass is 9.83. The smallest absolute Gasteiger partial charge is 0.303 e. The lowest BCUT2D eigenvalue weighted by molar-refractivity contribution is -0.216. The Labute approximate surface area is 188 Å². The van der Waals surface area contributed by atoms with Gasteiger partial charge in [0.2, 0.25) is 0 Å². The van der Waals surface area contributed by atoms with Gasteiger partial charge in [-0.2, -0.15) is 0 Å². The fourth-order valence-corrected chi connectivity index (χ4v) is 4.21. The average molecular weight is 461 g/mol. The number of carbonyl (C=O) groups is 6. The minimum Gasteiger partial charge on any atom is -0.458 e. The van der Waals surface area contributed by atoms with Gasteiger partial charge in [0, 0.05) is 34.1 Å². The molecule has 1 aromatic rings. The van der Waals surface area contributed by atoms with Crippen LogP contribution in [0.15, 0.2) is 24.3 Å². The molecule has 1 aliphatic heterocycles. The Morgan fingerprint density at radius 3 is 1.58 bits per heavy atom. The Morgan fingerprint density at radius 1 is 0.697 bits per heavy atom. The van der Waals surface area contributed by atoms with Crippen LogP contribution in [0.2, 0.25) is 0 Å². The Bertz CT molecular complexity index is 983. The zero-order valence-electron chi connectivity index (χ0n) is 18.4. The van der Waals surface area contributed by atoms with Crippen molar-refractivity contribution in [3.05, 3.63) is 35.4 Å². The summed E-state index contributed by atoms with van der Waals surface area (Å²) in [7, 11) is 0. The Balaban J connectivity index is 2.10. The van der Waals surface area contributed by atoms with Gasteiger partial charge in [0.05, 0.1) is 17.2 Å². The Morgan fingerprint density at radius 2 is 1.12 bits per heavy atom. The quantitative estimate of drug-likeness (QED) is 0.351. The number of amides is 2. The van der Waals surface area contributed by atoms with Crippen LogP contribution in [0.25, 0.3) is 0 Å². The zero-order chi connectivity index (χ0) is 24.4. The van der Waals surface area contributed by atoms with E-state index in [1.807, 2.05) is 0 Å². The van der Waals surface area contributed by atoms with Crippen LogP contribution in [-0.2, 0) is 38.1 Å². The first-order chi connectivity index (χ1) is 15.5. The SMILES string of the molecule is CC(=O)O[C@H]1[C@@H](OC(C)=O)[C@H](N2C(=O)c3ccccc3C2=O)C[C@H](OC(C)=O)[C@H]1OC(C)=O. The molecular formula is C22H23NO10. The molecule has 0 radical (unpaired) electrons. The second-order valence-corrected chi connectivity index (χ2v) is 7.70. The van der Waals surface area contributed by atoms with Gasteiger partial charge in [0.1, 0.15) is 6.10 Å². The molecule has 11 nitrogen and oxygen atoms in total. The van der Waals surface area contributed by atoms with E-state index in [2.05, 4.69) is 0 Å². The highest BCUT2D eigenvalue weighted by molar-refractivity contribution is 6.21. The summed E-state index contributed by atoms with van der Waals surface area (Å²) in [6.07, 6.45) is -5.60.